The fraction of sp³-hybridized carbons (Fsp3) is 1.00. The van der Waals surface area contributed by atoms with Crippen molar-refractivity contribution in [3.63, 3.8) is 0 Å². The number of hydrogen-bond acceptors (Lipinski definition) is 3. The van der Waals surface area contributed by atoms with Crippen molar-refractivity contribution in [1.29, 1.82) is 0 Å². The van der Waals surface area contributed by atoms with Gasteiger partial charge in [0.25, 0.3) is 0 Å². The molecule has 0 fully saturated rings. The molecule has 0 aromatic heterocycles. The third kappa shape index (κ3) is 4.33. The highest BCUT2D eigenvalue weighted by Gasteiger charge is 2.05. The zero-order chi connectivity index (χ0) is 5.86. The van der Waals surface area contributed by atoms with Crippen LogP contribution in [0, 0.1) is 0 Å². The second-order valence-corrected chi connectivity index (χ2v) is 1.61. The lowest BCUT2D eigenvalue weighted by atomic mass is 10.2. The van der Waals surface area contributed by atoms with Gasteiger partial charge in [-0.3, -0.25) is 0 Å². The first-order chi connectivity index (χ1) is 3.18. The van der Waals surface area contributed by atoms with Crippen molar-refractivity contribution in [2.75, 3.05) is 6.61 Å². The highest BCUT2D eigenvalue weighted by atomic mass is 35.5. The molecule has 4 heteroatoms. The lowest BCUT2D eigenvalue weighted by Gasteiger charge is -2.08. The summed E-state index contributed by atoms with van der Waals surface area (Å²) in [7, 11) is 0. The van der Waals surface area contributed by atoms with Gasteiger partial charge in [0.2, 0.25) is 0 Å². The summed E-state index contributed by atoms with van der Waals surface area (Å²) < 4.78 is 0. The minimum absolute atomic E-state index is 0. The lowest BCUT2D eigenvalue weighted by molar-refractivity contribution is 0.0789. The molecule has 0 aliphatic rings. The van der Waals surface area contributed by atoms with Gasteiger partial charge in [-0.25, -0.2) is 0 Å². The molecule has 0 bridgehead atoms. The number of rotatable bonds is 2. The molecule has 2 atom stereocenters. The maximum absolute atomic E-state index is 8.56. The zero-order valence-electron chi connectivity index (χ0n) is 4.74. The van der Waals surface area contributed by atoms with E-state index in [4.69, 9.17) is 15.9 Å². The van der Waals surface area contributed by atoms with Crippen LogP contribution in [0.2, 0.25) is 0 Å². The largest absolute Gasteiger partial charge is 0.394 e. The molecular formula is C4H12ClNO2. The number of halogens is 1. The molecule has 0 aliphatic heterocycles. The predicted octanol–water partition coefficient (Wildman–Crippen LogP) is -0.891. The Bertz CT molecular complexity index is 51.3. The first-order valence-corrected chi connectivity index (χ1v) is 2.23. The fourth-order valence-electron chi connectivity index (χ4n) is 0.166. The van der Waals surface area contributed by atoms with Crippen LogP contribution in [0.1, 0.15) is 6.92 Å². The molecule has 4 N–H and O–H groups in total. The summed E-state index contributed by atoms with van der Waals surface area (Å²) >= 11 is 0. The summed E-state index contributed by atoms with van der Waals surface area (Å²) in [4.78, 5) is 0. The Morgan fingerprint density at radius 3 is 2.00 bits per heavy atom. The molecule has 0 heterocycles. The van der Waals surface area contributed by atoms with Gasteiger partial charge in [-0.15, -0.1) is 12.4 Å². The van der Waals surface area contributed by atoms with Crippen LogP contribution in [-0.4, -0.2) is 29.0 Å². The van der Waals surface area contributed by atoms with Gasteiger partial charge < -0.3 is 15.9 Å². The predicted molar refractivity (Wildman–Crippen MR) is 34.0 cm³/mol. The third-order valence-corrected chi connectivity index (χ3v) is 0.794. The Morgan fingerprint density at radius 1 is 1.62 bits per heavy atom. The van der Waals surface area contributed by atoms with E-state index in [1.54, 1.807) is 6.92 Å². The van der Waals surface area contributed by atoms with Crippen molar-refractivity contribution in [3.05, 3.63) is 0 Å². The molecular weight excluding hydrogens is 130 g/mol. The first-order valence-electron chi connectivity index (χ1n) is 2.23. The van der Waals surface area contributed by atoms with Crippen LogP contribution in [0.25, 0.3) is 0 Å². The molecule has 0 aliphatic carbocycles. The summed E-state index contributed by atoms with van der Waals surface area (Å²) in [5.74, 6) is 0. The van der Waals surface area contributed by atoms with Crippen LogP contribution in [0.3, 0.4) is 0 Å². The number of aliphatic hydroxyl groups excluding tert-OH is 2. The van der Waals surface area contributed by atoms with Crippen molar-refractivity contribution in [2.45, 2.75) is 19.1 Å². The van der Waals surface area contributed by atoms with E-state index < -0.39 is 6.10 Å². The van der Waals surface area contributed by atoms with Crippen LogP contribution >= 0.6 is 12.4 Å². The Labute approximate surface area is 54.9 Å². The van der Waals surface area contributed by atoms with Crippen molar-refractivity contribution < 1.29 is 10.2 Å². The van der Waals surface area contributed by atoms with E-state index in [0.29, 0.717) is 0 Å². The SMILES string of the molecule is C[C@@H](N)[C@@H](O)CO.Cl. The Kier molecular flexibility index (Phi) is 7.32. The summed E-state index contributed by atoms with van der Waals surface area (Å²) in [6, 6.07) is -0.329. The number of hydrogen-bond donors (Lipinski definition) is 3. The Morgan fingerprint density at radius 2 is 2.00 bits per heavy atom. The van der Waals surface area contributed by atoms with Gasteiger partial charge in [-0.2, -0.15) is 0 Å². The molecule has 0 saturated heterocycles. The van der Waals surface area contributed by atoms with Crippen LogP contribution in [0.15, 0.2) is 0 Å². The van der Waals surface area contributed by atoms with Gasteiger partial charge in [0, 0.05) is 6.04 Å². The number of nitrogens with two attached hydrogens (primary N) is 1. The summed E-state index contributed by atoms with van der Waals surface area (Å²) in [6.07, 6.45) is -0.764. The van der Waals surface area contributed by atoms with Crippen molar-refractivity contribution in [3.8, 4) is 0 Å². The molecule has 52 valence electrons. The molecule has 0 spiro atoms. The molecule has 0 saturated carbocycles. The van der Waals surface area contributed by atoms with Crippen LogP contribution < -0.4 is 5.73 Å². The average Bonchev–Trinajstić information content (AvgIpc) is 1.65. The first kappa shape index (κ1) is 11.0. The minimum atomic E-state index is -0.764. The maximum atomic E-state index is 8.56. The van der Waals surface area contributed by atoms with E-state index in [0.717, 1.165) is 0 Å². The van der Waals surface area contributed by atoms with E-state index in [1.165, 1.54) is 0 Å². The van der Waals surface area contributed by atoms with E-state index in [-0.39, 0.29) is 25.1 Å². The smallest absolute Gasteiger partial charge is 0.0918 e. The van der Waals surface area contributed by atoms with Gasteiger partial charge in [-0.1, -0.05) is 0 Å². The molecule has 0 rings (SSSR count). The van der Waals surface area contributed by atoms with Crippen LogP contribution in [-0.2, 0) is 0 Å². The van der Waals surface area contributed by atoms with E-state index in [9.17, 15) is 0 Å². The van der Waals surface area contributed by atoms with E-state index >= 15 is 0 Å². The second-order valence-electron chi connectivity index (χ2n) is 1.61. The van der Waals surface area contributed by atoms with Crippen LogP contribution in [0.5, 0.6) is 0 Å². The van der Waals surface area contributed by atoms with Crippen molar-refractivity contribution in [2.24, 2.45) is 5.73 Å². The summed E-state index contributed by atoms with van der Waals surface area (Å²) in [6.45, 7) is 1.39. The molecule has 0 radical (unpaired) electrons. The van der Waals surface area contributed by atoms with Gasteiger partial charge >= 0.3 is 0 Å². The summed E-state index contributed by atoms with van der Waals surface area (Å²) in [5.41, 5.74) is 5.14. The molecule has 0 aromatic rings. The summed E-state index contributed by atoms with van der Waals surface area (Å²) in [5, 5.41) is 16.7. The normalized spacial score (nSPS) is 16.5. The molecule has 0 amide bonds. The maximum Gasteiger partial charge on any atom is 0.0918 e. The Hall–Kier alpha value is 0.170. The second kappa shape index (κ2) is 5.31. The molecule has 0 aromatic carbocycles. The average molecular weight is 142 g/mol. The van der Waals surface area contributed by atoms with Gasteiger partial charge in [0.05, 0.1) is 12.7 Å². The lowest BCUT2D eigenvalue weighted by Crippen LogP contribution is -2.33. The zero-order valence-corrected chi connectivity index (χ0v) is 5.56. The molecule has 3 nitrogen and oxygen atoms in total. The number of aliphatic hydroxyl groups is 2. The highest BCUT2D eigenvalue weighted by molar-refractivity contribution is 5.85. The monoisotopic (exact) mass is 141 g/mol. The van der Waals surface area contributed by atoms with Gasteiger partial charge in [0.15, 0.2) is 0 Å². The van der Waals surface area contributed by atoms with Crippen molar-refractivity contribution in [1.82, 2.24) is 0 Å². The van der Waals surface area contributed by atoms with Crippen LogP contribution in [0.4, 0.5) is 0 Å². The molecule has 0 unspecified atom stereocenters. The van der Waals surface area contributed by atoms with Crippen molar-refractivity contribution >= 4 is 12.4 Å². The van der Waals surface area contributed by atoms with E-state index in [1.807, 2.05) is 0 Å². The third-order valence-electron chi connectivity index (χ3n) is 0.794. The highest BCUT2D eigenvalue weighted by Crippen LogP contribution is 1.83. The van der Waals surface area contributed by atoms with E-state index in [2.05, 4.69) is 0 Å². The molecule has 8 heavy (non-hydrogen) atoms. The van der Waals surface area contributed by atoms with Gasteiger partial charge in [-0.05, 0) is 6.92 Å². The fourth-order valence-corrected chi connectivity index (χ4v) is 0.166. The minimum Gasteiger partial charge on any atom is -0.394 e. The van der Waals surface area contributed by atoms with Gasteiger partial charge in [0.1, 0.15) is 0 Å². The standard InChI is InChI=1S/C4H11NO2.ClH/c1-3(5)4(7)2-6;/h3-4,6-7H,2,5H2,1H3;1H/t3-,4+;/m1./s1. The Balaban J connectivity index is 0. The topological polar surface area (TPSA) is 66.5 Å². The quantitative estimate of drug-likeness (QED) is 0.468.